The number of fused-ring (bicyclic) bond motifs is 2. The Balaban J connectivity index is 1.89. The van der Waals surface area contributed by atoms with E-state index >= 15 is 0 Å². The van der Waals surface area contributed by atoms with E-state index in [9.17, 15) is 29.4 Å². The Kier molecular flexibility index (Phi) is 9.89. The van der Waals surface area contributed by atoms with Gasteiger partial charge in [-0.2, -0.15) is 0 Å². The SMILES string of the molecule is CCOc1ccc(C(O)c2cc([C@]34OC[C@](C(C)OC(C)=O)(O3)[C@@H](OC(C)=O)[C@H](CC(=O)[O-])[C@H]4OC(C)=O)ccc2Cl)cc1. The molecule has 0 aliphatic carbocycles. The molecule has 0 radical (unpaired) electrons. The van der Waals surface area contributed by atoms with Crippen LogP contribution in [-0.2, 0) is 48.6 Å². The van der Waals surface area contributed by atoms with Gasteiger partial charge in [0.05, 0.1) is 13.2 Å². The van der Waals surface area contributed by atoms with Gasteiger partial charge in [-0.05, 0) is 50.1 Å². The largest absolute Gasteiger partial charge is 0.550 e. The number of rotatable bonds is 11. The van der Waals surface area contributed by atoms with Crippen molar-refractivity contribution in [1.82, 2.24) is 0 Å². The van der Waals surface area contributed by atoms with Crippen LogP contribution in [0, 0.1) is 5.92 Å². The second kappa shape index (κ2) is 13.1. The standard InChI is InChI=1S/C31H35ClO12/c1-6-39-22-10-7-20(8-11-22)27(38)23-13-21(9-12-25(23)32)31-29(43-19(5)35)24(14-26(36)37)28(42-18(4)34)30(44-31,15-40-31)16(2)41-17(3)33/h7-13,16,24,27-29,38H,6,14-15H2,1-5H3,(H,36,37)/p-1/t16?,24-,27?,28-,29+,30+,31-/m0/s1. The quantitative estimate of drug-likeness (QED) is 0.284. The first-order valence-corrected chi connectivity index (χ1v) is 14.4. The van der Waals surface area contributed by atoms with Gasteiger partial charge in [-0.3, -0.25) is 14.4 Å². The fourth-order valence-electron chi connectivity index (χ4n) is 5.91. The van der Waals surface area contributed by atoms with Gasteiger partial charge in [0, 0.05) is 48.8 Å². The van der Waals surface area contributed by atoms with E-state index in [4.69, 9.17) is 40.0 Å². The molecule has 238 valence electrons. The van der Waals surface area contributed by atoms with Crippen LogP contribution in [0.3, 0.4) is 0 Å². The highest BCUT2D eigenvalue weighted by Gasteiger charge is 2.72. The number of aliphatic hydroxyl groups is 1. The number of carbonyl (C=O) groups excluding carboxylic acids is 4. The van der Waals surface area contributed by atoms with Crippen LogP contribution in [0.2, 0.25) is 5.02 Å². The Morgan fingerprint density at radius 2 is 1.66 bits per heavy atom. The van der Waals surface area contributed by atoms with Crippen molar-refractivity contribution in [2.24, 2.45) is 5.92 Å². The number of carboxylic acids is 1. The first-order chi connectivity index (χ1) is 20.7. The average molecular weight is 634 g/mol. The van der Waals surface area contributed by atoms with Gasteiger partial charge in [0.25, 0.3) is 0 Å². The summed E-state index contributed by atoms with van der Waals surface area (Å²) in [5, 5.41) is 23.6. The van der Waals surface area contributed by atoms with Crippen LogP contribution < -0.4 is 9.84 Å². The maximum atomic E-state index is 12.4. The van der Waals surface area contributed by atoms with Gasteiger partial charge in [0.15, 0.2) is 11.7 Å². The lowest BCUT2D eigenvalue weighted by Gasteiger charge is -2.51. The third kappa shape index (κ3) is 6.39. The van der Waals surface area contributed by atoms with E-state index in [-0.39, 0.29) is 22.8 Å². The van der Waals surface area contributed by atoms with Gasteiger partial charge in [-0.25, -0.2) is 0 Å². The van der Waals surface area contributed by atoms with E-state index in [0.29, 0.717) is 17.9 Å². The van der Waals surface area contributed by atoms with Crippen LogP contribution in [-0.4, -0.2) is 66.1 Å². The monoisotopic (exact) mass is 633 g/mol. The molecule has 0 amide bonds. The van der Waals surface area contributed by atoms with Gasteiger partial charge in [-0.15, -0.1) is 0 Å². The van der Waals surface area contributed by atoms with Crippen LogP contribution in [0.5, 0.6) is 5.75 Å². The summed E-state index contributed by atoms with van der Waals surface area (Å²) in [5.41, 5.74) is -0.807. The fourth-order valence-corrected chi connectivity index (χ4v) is 6.13. The Hall–Kier alpha value is -3.71. The molecule has 2 unspecified atom stereocenters. The van der Waals surface area contributed by atoms with Gasteiger partial charge in [0.2, 0.25) is 5.79 Å². The van der Waals surface area contributed by atoms with Crippen molar-refractivity contribution in [3.05, 3.63) is 64.2 Å². The van der Waals surface area contributed by atoms with Gasteiger partial charge in [-0.1, -0.05) is 29.8 Å². The minimum absolute atomic E-state index is 0.188. The molecule has 2 fully saturated rings. The van der Waals surface area contributed by atoms with Crippen molar-refractivity contribution in [1.29, 1.82) is 0 Å². The molecule has 12 nitrogen and oxygen atoms in total. The van der Waals surface area contributed by atoms with Crippen LogP contribution in [0.25, 0.3) is 0 Å². The highest BCUT2D eigenvalue weighted by molar-refractivity contribution is 6.31. The van der Waals surface area contributed by atoms with E-state index in [0.717, 1.165) is 13.8 Å². The predicted molar refractivity (Wildman–Crippen MR) is 150 cm³/mol. The highest BCUT2D eigenvalue weighted by atomic mass is 35.5. The number of ether oxygens (including phenoxy) is 6. The van der Waals surface area contributed by atoms with E-state index in [1.807, 2.05) is 6.92 Å². The normalized spacial score (nSPS) is 27.1. The lowest BCUT2D eigenvalue weighted by atomic mass is 9.73. The molecular weight excluding hydrogens is 600 g/mol. The maximum Gasteiger partial charge on any atom is 0.303 e. The van der Waals surface area contributed by atoms with Gasteiger partial charge in [0.1, 0.15) is 24.1 Å². The van der Waals surface area contributed by atoms with Crippen molar-refractivity contribution < 1.29 is 57.8 Å². The van der Waals surface area contributed by atoms with Crippen LogP contribution >= 0.6 is 11.6 Å². The molecule has 1 N–H and O–H groups in total. The number of carboxylic acid groups (broad SMARTS) is 1. The zero-order valence-electron chi connectivity index (χ0n) is 24.9. The number of aliphatic carboxylic acids is 1. The average Bonchev–Trinajstić information content (AvgIpc) is 3.32. The van der Waals surface area contributed by atoms with Crippen LogP contribution in [0.15, 0.2) is 42.5 Å². The Morgan fingerprint density at radius 3 is 2.23 bits per heavy atom. The molecule has 0 spiro atoms. The molecule has 2 aliphatic heterocycles. The molecule has 2 aliphatic rings. The first kappa shape index (κ1) is 33.2. The second-order valence-corrected chi connectivity index (χ2v) is 11.1. The van der Waals surface area contributed by atoms with E-state index < -0.39 is 72.0 Å². The van der Waals surface area contributed by atoms with Crippen LogP contribution in [0.1, 0.15) is 63.8 Å². The minimum Gasteiger partial charge on any atom is -0.550 e. The molecule has 4 rings (SSSR count). The smallest absolute Gasteiger partial charge is 0.303 e. The fraction of sp³-hybridized carbons (Fsp3) is 0.484. The Morgan fingerprint density at radius 1 is 1.02 bits per heavy atom. The minimum atomic E-state index is -2.01. The molecule has 2 heterocycles. The summed E-state index contributed by atoms with van der Waals surface area (Å²) in [4.78, 5) is 48.8. The van der Waals surface area contributed by atoms with Crippen LogP contribution in [0.4, 0.5) is 0 Å². The number of hydrogen-bond acceptors (Lipinski definition) is 12. The van der Waals surface area contributed by atoms with E-state index in [1.165, 1.54) is 32.0 Å². The van der Waals surface area contributed by atoms with Crippen molar-refractivity contribution in [3.8, 4) is 5.75 Å². The number of carbonyl (C=O) groups is 4. The summed E-state index contributed by atoms with van der Waals surface area (Å²) >= 11 is 6.54. The van der Waals surface area contributed by atoms with Crippen molar-refractivity contribution in [3.63, 3.8) is 0 Å². The molecular formula is C31H34ClO12-. The Bertz CT molecular complexity index is 1410. The molecule has 0 saturated carbocycles. The molecule has 2 bridgehead atoms. The number of esters is 3. The summed E-state index contributed by atoms with van der Waals surface area (Å²) in [6, 6.07) is 11.2. The zero-order valence-corrected chi connectivity index (χ0v) is 25.6. The third-order valence-corrected chi connectivity index (χ3v) is 8.05. The highest BCUT2D eigenvalue weighted by Crippen LogP contribution is 2.56. The second-order valence-electron chi connectivity index (χ2n) is 10.7. The topological polar surface area (TPSA) is 167 Å². The summed E-state index contributed by atoms with van der Waals surface area (Å²) in [6.07, 6.45) is -6.01. The molecule has 7 atom stereocenters. The van der Waals surface area contributed by atoms with Crippen molar-refractivity contribution in [2.75, 3.05) is 13.2 Å². The summed E-state index contributed by atoms with van der Waals surface area (Å²) in [7, 11) is 0. The third-order valence-electron chi connectivity index (χ3n) is 7.71. The van der Waals surface area contributed by atoms with Crippen molar-refractivity contribution in [2.45, 2.75) is 76.8 Å². The maximum absolute atomic E-state index is 12.4. The molecule has 0 aromatic heterocycles. The predicted octanol–water partition coefficient (Wildman–Crippen LogP) is 2.34. The number of halogens is 1. The zero-order chi connectivity index (χ0) is 32.4. The molecule has 2 saturated heterocycles. The molecule has 13 heteroatoms. The number of aliphatic hydroxyl groups excluding tert-OH is 1. The lowest BCUT2D eigenvalue weighted by molar-refractivity contribution is -0.340. The van der Waals surface area contributed by atoms with Gasteiger partial charge < -0.3 is 43.4 Å². The van der Waals surface area contributed by atoms with E-state index in [2.05, 4.69) is 0 Å². The van der Waals surface area contributed by atoms with E-state index in [1.54, 1.807) is 24.3 Å². The Labute approximate surface area is 259 Å². The molecule has 2 aromatic carbocycles. The summed E-state index contributed by atoms with van der Waals surface area (Å²) < 4.78 is 35.1. The van der Waals surface area contributed by atoms with Crippen molar-refractivity contribution >= 4 is 35.5 Å². The summed E-state index contributed by atoms with van der Waals surface area (Å²) in [5.74, 6) is -6.47. The lowest BCUT2D eigenvalue weighted by Crippen LogP contribution is -2.68. The summed E-state index contributed by atoms with van der Waals surface area (Å²) in [6.45, 7) is 6.85. The number of hydrogen-bond donors (Lipinski definition) is 1. The van der Waals surface area contributed by atoms with Gasteiger partial charge >= 0.3 is 17.9 Å². The molecule has 2 aromatic rings. The number of benzene rings is 2. The molecule has 44 heavy (non-hydrogen) atoms. The first-order valence-electron chi connectivity index (χ1n) is 14.0.